The summed E-state index contributed by atoms with van der Waals surface area (Å²) in [5, 5.41) is 0. The minimum atomic E-state index is -0.525. The Labute approximate surface area is 110 Å². The summed E-state index contributed by atoms with van der Waals surface area (Å²) in [7, 11) is 1.51. The second-order valence-corrected chi connectivity index (χ2v) is 2.94. The quantitative estimate of drug-likeness (QED) is 0.903. The topological polar surface area (TPSA) is 78.1 Å². The summed E-state index contributed by atoms with van der Waals surface area (Å²) in [6.07, 6.45) is 1.52. The molecule has 7 heteroatoms. The van der Waals surface area contributed by atoms with Crippen LogP contribution in [0, 0.1) is 0 Å². The lowest BCUT2D eigenvalue weighted by atomic mass is 10.2. The third-order valence-electron chi connectivity index (χ3n) is 2.03. The van der Waals surface area contributed by atoms with Crippen LogP contribution in [0.25, 0.3) is 11.0 Å². The highest BCUT2D eigenvalue weighted by molar-refractivity contribution is 6.03. The zero-order chi connectivity index (χ0) is 10.8. The van der Waals surface area contributed by atoms with Gasteiger partial charge in [0.2, 0.25) is 5.88 Å². The van der Waals surface area contributed by atoms with Crippen molar-refractivity contribution in [1.82, 2.24) is 9.97 Å². The Hall–Kier alpha value is -1.59. The second kappa shape index (κ2) is 6.22. The summed E-state index contributed by atoms with van der Waals surface area (Å²) in [6, 6.07) is 4.95. The lowest BCUT2D eigenvalue weighted by Crippen LogP contribution is -2.12. The fraction of sp³-hybridized carbons (Fsp3) is 0.100. The van der Waals surface area contributed by atoms with Crippen molar-refractivity contribution in [2.75, 3.05) is 7.11 Å². The predicted octanol–water partition coefficient (Wildman–Crippen LogP) is 1.58. The number of methoxy groups -OCH3 is 1. The third kappa shape index (κ3) is 2.95. The molecule has 2 heterocycles. The van der Waals surface area contributed by atoms with Crippen LogP contribution in [0.5, 0.6) is 5.88 Å². The summed E-state index contributed by atoms with van der Waals surface area (Å²) in [5.41, 5.74) is 6.65. The molecule has 2 aromatic heterocycles. The fourth-order valence-electron chi connectivity index (χ4n) is 1.32. The highest BCUT2D eigenvalue weighted by atomic mass is 35.5. The van der Waals surface area contributed by atoms with E-state index in [4.69, 9.17) is 10.5 Å². The number of nitrogens with zero attached hydrogens (tertiary/aromatic N) is 2. The Morgan fingerprint density at radius 2 is 2.00 bits per heavy atom. The van der Waals surface area contributed by atoms with Crippen LogP contribution >= 0.6 is 24.8 Å². The van der Waals surface area contributed by atoms with Gasteiger partial charge in [-0.25, -0.2) is 4.98 Å². The molecule has 0 aliphatic heterocycles. The van der Waals surface area contributed by atoms with E-state index in [2.05, 4.69) is 9.97 Å². The van der Waals surface area contributed by atoms with E-state index in [0.29, 0.717) is 22.5 Å². The molecule has 2 rings (SSSR count). The first-order chi connectivity index (χ1) is 7.22. The minimum Gasteiger partial charge on any atom is -0.481 e. The summed E-state index contributed by atoms with van der Waals surface area (Å²) in [5.74, 6) is -0.0962. The highest BCUT2D eigenvalue weighted by Gasteiger charge is 2.09. The molecule has 0 saturated carbocycles. The molecule has 0 saturated heterocycles. The maximum Gasteiger partial charge on any atom is 0.251 e. The lowest BCUT2D eigenvalue weighted by molar-refractivity contribution is 0.100. The van der Waals surface area contributed by atoms with Gasteiger partial charge in [-0.05, 0) is 12.1 Å². The van der Waals surface area contributed by atoms with Crippen LogP contribution in [0.4, 0.5) is 0 Å². The normalized spacial score (nSPS) is 9.00. The minimum absolute atomic E-state index is 0. The molecule has 0 bridgehead atoms. The highest BCUT2D eigenvalue weighted by Crippen LogP contribution is 2.17. The number of ether oxygens (including phenoxy) is 1. The number of primary amides is 1. The molecule has 2 N–H and O–H groups in total. The molecular formula is C10H11Cl2N3O2. The molecule has 17 heavy (non-hydrogen) atoms. The third-order valence-corrected chi connectivity index (χ3v) is 2.03. The van der Waals surface area contributed by atoms with Crippen molar-refractivity contribution in [3.05, 3.63) is 30.0 Å². The molecule has 0 spiro atoms. The standard InChI is InChI=1S/C10H9N3O2.2ClH/c1-15-8-3-2-7-9(13-8)6(10(11)14)4-5-12-7;;/h2-5H,1H3,(H2,11,14);2*1H. The molecule has 0 aliphatic rings. The van der Waals surface area contributed by atoms with E-state index in [1.165, 1.54) is 19.4 Å². The van der Waals surface area contributed by atoms with Gasteiger partial charge in [-0.2, -0.15) is 0 Å². The molecular weight excluding hydrogens is 265 g/mol. The van der Waals surface area contributed by atoms with E-state index in [0.717, 1.165) is 0 Å². The van der Waals surface area contributed by atoms with E-state index >= 15 is 0 Å². The van der Waals surface area contributed by atoms with Crippen molar-refractivity contribution < 1.29 is 9.53 Å². The number of aromatic nitrogens is 2. The molecule has 92 valence electrons. The Kier molecular flexibility index (Phi) is 5.64. The second-order valence-electron chi connectivity index (χ2n) is 2.94. The summed E-state index contributed by atoms with van der Waals surface area (Å²) in [6.45, 7) is 0. The fourth-order valence-corrected chi connectivity index (χ4v) is 1.32. The van der Waals surface area contributed by atoms with Crippen molar-refractivity contribution in [3.63, 3.8) is 0 Å². The monoisotopic (exact) mass is 275 g/mol. The molecule has 0 fully saturated rings. The molecule has 0 unspecified atom stereocenters. The van der Waals surface area contributed by atoms with Crippen molar-refractivity contribution in [3.8, 4) is 5.88 Å². The van der Waals surface area contributed by atoms with Crippen LogP contribution in [-0.2, 0) is 0 Å². The number of fused-ring (bicyclic) bond motifs is 1. The number of amides is 1. The summed E-state index contributed by atoms with van der Waals surface area (Å²) in [4.78, 5) is 19.3. The number of carbonyl (C=O) groups excluding carboxylic acids is 1. The van der Waals surface area contributed by atoms with Crippen LogP contribution < -0.4 is 10.5 Å². The summed E-state index contributed by atoms with van der Waals surface area (Å²) >= 11 is 0. The van der Waals surface area contributed by atoms with Gasteiger partial charge < -0.3 is 10.5 Å². The lowest BCUT2D eigenvalue weighted by Gasteiger charge is -2.03. The first-order valence-electron chi connectivity index (χ1n) is 4.32. The van der Waals surface area contributed by atoms with Crippen LogP contribution in [0.2, 0.25) is 0 Å². The van der Waals surface area contributed by atoms with Gasteiger partial charge in [0.15, 0.2) is 0 Å². The molecule has 0 aromatic carbocycles. The zero-order valence-corrected chi connectivity index (χ0v) is 10.5. The van der Waals surface area contributed by atoms with Crippen LogP contribution in [-0.4, -0.2) is 23.0 Å². The molecule has 0 aliphatic carbocycles. The van der Waals surface area contributed by atoms with Gasteiger partial charge >= 0.3 is 0 Å². The van der Waals surface area contributed by atoms with Crippen molar-refractivity contribution in [1.29, 1.82) is 0 Å². The van der Waals surface area contributed by atoms with Crippen molar-refractivity contribution in [2.24, 2.45) is 5.73 Å². The number of halogens is 2. The first-order valence-corrected chi connectivity index (χ1v) is 4.32. The van der Waals surface area contributed by atoms with Crippen LogP contribution in [0.1, 0.15) is 10.4 Å². The van der Waals surface area contributed by atoms with Crippen molar-refractivity contribution >= 4 is 41.8 Å². The van der Waals surface area contributed by atoms with Gasteiger partial charge in [0, 0.05) is 12.3 Å². The predicted molar refractivity (Wildman–Crippen MR) is 69.1 cm³/mol. The number of hydrogen-bond acceptors (Lipinski definition) is 4. The number of hydrogen-bond donors (Lipinski definition) is 1. The van der Waals surface area contributed by atoms with Gasteiger partial charge in [0.05, 0.1) is 18.2 Å². The van der Waals surface area contributed by atoms with Gasteiger partial charge in [-0.15, -0.1) is 24.8 Å². The van der Waals surface area contributed by atoms with E-state index in [9.17, 15) is 4.79 Å². The maximum absolute atomic E-state index is 11.1. The smallest absolute Gasteiger partial charge is 0.251 e. The van der Waals surface area contributed by atoms with Gasteiger partial charge in [0.1, 0.15) is 5.52 Å². The molecule has 0 radical (unpaired) electrons. The number of carbonyl (C=O) groups is 1. The van der Waals surface area contributed by atoms with Crippen molar-refractivity contribution in [2.45, 2.75) is 0 Å². The maximum atomic E-state index is 11.1. The first kappa shape index (κ1) is 15.4. The van der Waals surface area contributed by atoms with E-state index in [-0.39, 0.29) is 24.8 Å². The zero-order valence-electron chi connectivity index (χ0n) is 8.91. The summed E-state index contributed by atoms with van der Waals surface area (Å²) < 4.78 is 4.97. The van der Waals surface area contributed by atoms with Gasteiger partial charge in [-0.1, -0.05) is 0 Å². The Morgan fingerprint density at radius 3 is 2.59 bits per heavy atom. The average molecular weight is 276 g/mol. The average Bonchev–Trinajstić information content (AvgIpc) is 2.27. The van der Waals surface area contributed by atoms with E-state index < -0.39 is 5.91 Å². The Balaban J connectivity index is 0.00000128. The Bertz CT molecular complexity index is 534. The van der Waals surface area contributed by atoms with Gasteiger partial charge in [-0.3, -0.25) is 9.78 Å². The van der Waals surface area contributed by atoms with E-state index in [1.54, 1.807) is 12.1 Å². The van der Waals surface area contributed by atoms with E-state index in [1.807, 2.05) is 0 Å². The number of rotatable bonds is 2. The molecule has 0 atom stereocenters. The Morgan fingerprint density at radius 1 is 1.29 bits per heavy atom. The molecule has 5 nitrogen and oxygen atoms in total. The van der Waals surface area contributed by atoms with Gasteiger partial charge in [0.25, 0.3) is 5.91 Å². The number of nitrogens with two attached hydrogens (primary N) is 1. The largest absolute Gasteiger partial charge is 0.481 e. The molecule has 1 amide bonds. The van der Waals surface area contributed by atoms with Crippen LogP contribution in [0.3, 0.4) is 0 Å². The SMILES string of the molecule is COc1ccc2nccc(C(N)=O)c2n1.Cl.Cl. The van der Waals surface area contributed by atoms with Crippen LogP contribution in [0.15, 0.2) is 24.4 Å². The number of pyridine rings is 2. The molecule has 2 aromatic rings.